The van der Waals surface area contributed by atoms with Gasteiger partial charge in [0.2, 0.25) is 0 Å². The number of rotatable bonds is 13. The van der Waals surface area contributed by atoms with E-state index in [2.05, 4.69) is 0 Å². The molecule has 370 valence electrons. The van der Waals surface area contributed by atoms with Crippen LogP contribution in [-0.4, -0.2) is 46.0 Å². The van der Waals surface area contributed by atoms with E-state index in [9.17, 15) is 39.0 Å². The summed E-state index contributed by atoms with van der Waals surface area (Å²) in [6.45, 7) is 0. The normalized spacial score (nSPS) is 10.8. The molecule has 0 spiro atoms. The van der Waals surface area contributed by atoms with Gasteiger partial charge in [-0.3, -0.25) is 0 Å². The van der Waals surface area contributed by atoms with Gasteiger partial charge < -0.3 is 38.6 Å². The van der Waals surface area contributed by atoms with Crippen molar-refractivity contribution in [3.05, 3.63) is 252 Å². The fourth-order valence-electron chi connectivity index (χ4n) is 8.00. The Morgan fingerprint density at radius 2 is 0.487 bits per heavy atom. The third kappa shape index (κ3) is 11.0. The molecule has 14 heteroatoms. The monoisotopic (exact) mass is 1010 g/mol. The van der Waals surface area contributed by atoms with Crippen molar-refractivity contribution >= 4 is 57.4 Å². The van der Waals surface area contributed by atoms with E-state index in [0.29, 0.717) is 21.9 Å². The van der Waals surface area contributed by atoms with Crippen LogP contribution in [0.15, 0.2) is 218 Å². The molecule has 0 bridgehead atoms. The van der Waals surface area contributed by atoms with Gasteiger partial charge in [0, 0.05) is 11.1 Å². The van der Waals surface area contributed by atoms with Gasteiger partial charge in [-0.05, 0) is 179 Å². The van der Waals surface area contributed by atoms with Gasteiger partial charge in [-0.2, -0.15) is 0 Å². The maximum absolute atomic E-state index is 14.0. The lowest BCUT2D eigenvalue weighted by atomic mass is 9.92. The molecule has 0 atom stereocenters. The summed E-state index contributed by atoms with van der Waals surface area (Å²) in [7, 11) is 0. The number of carbonyl (C=O) groups excluding carboxylic acids is 6. The van der Waals surface area contributed by atoms with Crippen LogP contribution < -0.4 is 28.4 Å². The minimum Gasteiger partial charge on any atom is -0.508 e. The van der Waals surface area contributed by atoms with Crippen molar-refractivity contribution in [2.45, 2.75) is 0 Å². The van der Waals surface area contributed by atoms with E-state index in [0.717, 1.165) is 10.8 Å². The molecule has 0 aliphatic carbocycles. The Hall–Kier alpha value is -10.9. The van der Waals surface area contributed by atoms with E-state index in [1.807, 2.05) is 60.7 Å². The van der Waals surface area contributed by atoms with E-state index < -0.39 is 35.8 Å². The smallest absolute Gasteiger partial charge is 0.343 e. The quantitative estimate of drug-likeness (QED) is 0.0816. The highest BCUT2D eigenvalue weighted by atomic mass is 16.6. The van der Waals surface area contributed by atoms with Gasteiger partial charge in [0.1, 0.15) is 46.0 Å². The van der Waals surface area contributed by atoms with Crippen LogP contribution in [0.4, 0.5) is 0 Å². The topological polar surface area (TPSA) is 198 Å². The minimum atomic E-state index is -0.726. The Kier molecular flexibility index (Phi) is 13.8. The summed E-state index contributed by atoms with van der Waals surface area (Å²) in [6, 6.07) is 56.2. The Labute approximate surface area is 432 Å². The summed E-state index contributed by atoms with van der Waals surface area (Å²) in [5, 5.41) is 22.0. The molecule has 0 amide bonds. The molecule has 10 aromatic rings. The molecule has 0 heterocycles. The first-order valence-corrected chi connectivity index (χ1v) is 23.3. The highest BCUT2D eigenvalue weighted by Gasteiger charge is 2.24. The molecule has 10 aromatic carbocycles. The Morgan fingerprint density at radius 1 is 0.250 bits per heavy atom. The van der Waals surface area contributed by atoms with Crippen molar-refractivity contribution < 1.29 is 67.4 Å². The molecule has 0 aromatic heterocycles. The summed E-state index contributed by atoms with van der Waals surface area (Å²) in [4.78, 5) is 79.0. The van der Waals surface area contributed by atoms with E-state index >= 15 is 0 Å². The first-order chi connectivity index (χ1) is 36.9. The number of fused-ring (bicyclic) bond motifs is 2. The van der Waals surface area contributed by atoms with Gasteiger partial charge in [0.25, 0.3) is 0 Å². The molecular formula is C62H38O14. The number of ether oxygens (including phenoxy) is 6. The Bertz CT molecular complexity index is 3590. The van der Waals surface area contributed by atoms with E-state index in [4.69, 9.17) is 28.4 Å². The minimum absolute atomic E-state index is 0.00721. The first kappa shape index (κ1) is 48.8. The summed E-state index contributed by atoms with van der Waals surface area (Å²) in [6.07, 6.45) is 0. The van der Waals surface area contributed by atoms with Crippen molar-refractivity contribution in [1.82, 2.24) is 0 Å². The lowest BCUT2D eigenvalue weighted by Gasteiger charge is -2.19. The van der Waals surface area contributed by atoms with Crippen LogP contribution in [0.25, 0.3) is 32.7 Å². The average Bonchev–Trinajstić information content (AvgIpc) is 3.46. The highest BCUT2D eigenvalue weighted by molar-refractivity contribution is 6.11. The van der Waals surface area contributed by atoms with Crippen LogP contribution in [0, 0.1) is 0 Å². The van der Waals surface area contributed by atoms with E-state index in [1.54, 1.807) is 12.1 Å². The maximum Gasteiger partial charge on any atom is 0.343 e. The second-order valence-corrected chi connectivity index (χ2v) is 16.8. The summed E-state index contributed by atoms with van der Waals surface area (Å²) >= 11 is 0. The second kappa shape index (κ2) is 21.5. The van der Waals surface area contributed by atoms with Crippen LogP contribution in [0.5, 0.6) is 46.0 Å². The summed E-state index contributed by atoms with van der Waals surface area (Å²) < 4.78 is 34.2. The fourth-order valence-corrected chi connectivity index (χ4v) is 8.00. The number of carbonyl (C=O) groups is 6. The highest BCUT2D eigenvalue weighted by Crippen LogP contribution is 2.46. The van der Waals surface area contributed by atoms with Crippen LogP contribution in [0.1, 0.15) is 62.1 Å². The van der Waals surface area contributed by atoms with Crippen LogP contribution in [0.3, 0.4) is 0 Å². The number of phenols is 2. The van der Waals surface area contributed by atoms with Crippen LogP contribution in [-0.2, 0) is 0 Å². The number of hydrogen-bond acceptors (Lipinski definition) is 14. The van der Waals surface area contributed by atoms with E-state index in [-0.39, 0.29) is 79.4 Å². The van der Waals surface area contributed by atoms with Gasteiger partial charge in [0.15, 0.2) is 0 Å². The third-order valence-corrected chi connectivity index (χ3v) is 11.8. The average molecular weight is 1010 g/mol. The molecule has 2 N–H and O–H groups in total. The van der Waals surface area contributed by atoms with Gasteiger partial charge in [-0.1, -0.05) is 60.7 Å². The molecular weight excluding hydrogens is 969 g/mol. The molecule has 0 saturated carbocycles. The maximum atomic E-state index is 14.0. The molecule has 0 unspecified atom stereocenters. The summed E-state index contributed by atoms with van der Waals surface area (Å²) in [5.74, 6) is -3.13. The lowest BCUT2D eigenvalue weighted by Crippen LogP contribution is -2.12. The number of esters is 6. The molecule has 0 radical (unpaired) electrons. The molecule has 0 fully saturated rings. The van der Waals surface area contributed by atoms with Crippen molar-refractivity contribution in [1.29, 1.82) is 0 Å². The number of aromatic hydroxyl groups is 2. The first-order valence-electron chi connectivity index (χ1n) is 23.3. The fraction of sp³-hybridized carbons (Fsp3) is 0. The third-order valence-electron chi connectivity index (χ3n) is 11.8. The Morgan fingerprint density at radius 3 is 0.763 bits per heavy atom. The summed E-state index contributed by atoms with van der Waals surface area (Å²) in [5.41, 5.74) is 2.03. The van der Waals surface area contributed by atoms with Crippen molar-refractivity contribution in [2.24, 2.45) is 0 Å². The predicted molar refractivity (Wildman–Crippen MR) is 279 cm³/mol. The zero-order valence-corrected chi connectivity index (χ0v) is 39.6. The number of phenolic OH excluding ortho intramolecular Hbond substituents is 2. The molecule has 0 aliphatic heterocycles. The molecule has 10 rings (SSSR count). The van der Waals surface area contributed by atoms with Gasteiger partial charge in [-0.15, -0.1) is 0 Å². The number of benzene rings is 10. The van der Waals surface area contributed by atoms with Crippen LogP contribution in [0.2, 0.25) is 0 Å². The van der Waals surface area contributed by atoms with Gasteiger partial charge in [0.05, 0.1) is 33.4 Å². The second-order valence-electron chi connectivity index (χ2n) is 16.8. The molecule has 76 heavy (non-hydrogen) atoms. The standard InChI is InChI=1S/C62H38O14/c63-45-23-9-39(10-24-45)57(65)71-47-27-13-41(14-28-47)59(67)73-49-31-17-43(18-32-49)61(69)75-53-35-21-37-5-1-3-7-51(37)55(53)56-52-8-4-2-6-38(52)22-36-54(56)76-62(70)44-19-33-50(34-20-44)74-60(68)42-15-29-48(30-16-42)72-58(66)40-11-25-46(64)26-12-40/h1-36,63-64H. The van der Waals surface area contributed by atoms with Crippen molar-refractivity contribution in [2.75, 3.05) is 0 Å². The van der Waals surface area contributed by atoms with Gasteiger partial charge in [-0.25, -0.2) is 28.8 Å². The molecule has 0 aliphatic rings. The zero-order valence-electron chi connectivity index (χ0n) is 39.6. The molecule has 0 saturated heterocycles. The zero-order chi connectivity index (χ0) is 52.7. The largest absolute Gasteiger partial charge is 0.508 e. The predicted octanol–water partition coefficient (Wildman–Crippen LogP) is 12.4. The van der Waals surface area contributed by atoms with Crippen molar-refractivity contribution in [3.8, 4) is 57.1 Å². The SMILES string of the molecule is O=C(Oc1ccc(C(=O)Oc2ccc(C(=O)Oc3ccc4ccccc4c3-c3c(OC(=O)c4ccc(OC(=O)c5ccc(OC(=O)c6ccc(O)cc6)cc5)cc4)ccc4ccccc34)cc2)cc1)c1ccc(O)cc1. The van der Waals surface area contributed by atoms with Crippen LogP contribution >= 0.6 is 0 Å². The van der Waals surface area contributed by atoms with E-state index in [1.165, 1.54) is 146 Å². The lowest BCUT2D eigenvalue weighted by molar-refractivity contribution is 0.0717. The van der Waals surface area contributed by atoms with Gasteiger partial charge >= 0.3 is 35.8 Å². The van der Waals surface area contributed by atoms with Crippen molar-refractivity contribution in [3.63, 3.8) is 0 Å². The Balaban J connectivity index is 0.835. The number of hydrogen-bond donors (Lipinski definition) is 2. The molecule has 14 nitrogen and oxygen atoms in total.